The highest BCUT2D eigenvalue weighted by Crippen LogP contribution is 2.31. The van der Waals surface area contributed by atoms with Crippen LogP contribution in [-0.2, 0) is 25.8 Å². The van der Waals surface area contributed by atoms with Crippen molar-refractivity contribution >= 4 is 52.8 Å². The van der Waals surface area contributed by atoms with Gasteiger partial charge < -0.3 is 4.84 Å². The molecule has 0 saturated carbocycles. The summed E-state index contributed by atoms with van der Waals surface area (Å²) in [7, 11) is 0. The molecule has 214 valence electrons. The average Bonchev–Trinajstić information content (AvgIpc) is 3.65. The van der Waals surface area contributed by atoms with Gasteiger partial charge in [-0.3, -0.25) is 9.59 Å². The third-order valence-electron chi connectivity index (χ3n) is 7.24. The molecule has 0 unspecified atom stereocenters. The zero-order valence-corrected chi connectivity index (χ0v) is 24.2. The van der Waals surface area contributed by atoms with Crippen LogP contribution in [0.2, 0.25) is 0 Å². The maximum atomic E-state index is 12.2. The van der Waals surface area contributed by atoms with E-state index in [0.717, 1.165) is 39.1 Å². The van der Waals surface area contributed by atoms with Crippen molar-refractivity contribution in [2.45, 2.75) is 38.6 Å². The second-order valence-electron chi connectivity index (χ2n) is 10.1. The molecule has 1 aliphatic rings. The number of benzene rings is 2. The van der Waals surface area contributed by atoms with Gasteiger partial charge in [-0.15, -0.1) is 5.06 Å². The Morgan fingerprint density at radius 3 is 2.28 bits per heavy atom. The number of aromatic nitrogens is 4. The molecule has 1 saturated heterocycles. The summed E-state index contributed by atoms with van der Waals surface area (Å²) in [6.07, 6.45) is 9.77. The van der Waals surface area contributed by atoms with Crippen LogP contribution in [0.1, 0.15) is 37.8 Å². The first kappa shape index (κ1) is 28.0. The second kappa shape index (κ2) is 12.8. The van der Waals surface area contributed by atoms with Crippen molar-refractivity contribution in [3.8, 4) is 22.4 Å². The number of hydrogen-bond acceptors (Lipinski definition) is 7. The molecule has 0 N–H and O–H groups in total. The van der Waals surface area contributed by atoms with Gasteiger partial charge in [0.1, 0.15) is 12.1 Å². The Balaban J connectivity index is 1.24. The van der Waals surface area contributed by atoms with E-state index < -0.39 is 17.8 Å². The van der Waals surface area contributed by atoms with Gasteiger partial charge in [0.05, 0.1) is 23.4 Å². The summed E-state index contributed by atoms with van der Waals surface area (Å²) in [6, 6.07) is 26.4. The van der Waals surface area contributed by atoms with Crippen LogP contribution in [0.4, 0.5) is 0 Å². The Morgan fingerprint density at radius 1 is 0.860 bits per heavy atom. The van der Waals surface area contributed by atoms with E-state index in [9.17, 15) is 14.4 Å². The maximum Gasteiger partial charge on any atom is 0.333 e. The lowest BCUT2D eigenvalue weighted by Gasteiger charge is -2.12. The molecule has 10 heteroatoms. The van der Waals surface area contributed by atoms with Gasteiger partial charge in [-0.2, -0.15) is 17.9 Å². The molecule has 43 heavy (non-hydrogen) atoms. The number of amides is 2. The molecular weight excluding hydrogens is 562 g/mol. The largest absolute Gasteiger partial charge is 0.333 e. The van der Waals surface area contributed by atoms with Gasteiger partial charge in [-0.1, -0.05) is 48.5 Å². The number of pyridine rings is 2. The van der Waals surface area contributed by atoms with E-state index in [1.165, 1.54) is 11.7 Å². The fraction of sp³-hybridized carbons (Fsp3) is 0.182. The summed E-state index contributed by atoms with van der Waals surface area (Å²) in [6.45, 7) is 0.676. The van der Waals surface area contributed by atoms with Crippen LogP contribution in [-0.4, -0.2) is 31.6 Å². The number of imide groups is 1. The Morgan fingerprint density at radius 2 is 1.53 bits per heavy atom. The van der Waals surface area contributed by atoms with Gasteiger partial charge in [0.2, 0.25) is 11.4 Å². The molecule has 3 aromatic heterocycles. The summed E-state index contributed by atoms with van der Waals surface area (Å²) >= 11 is 1.21. The zero-order chi connectivity index (χ0) is 29.6. The summed E-state index contributed by atoms with van der Waals surface area (Å²) in [5.74, 6) is -1.51. The number of hydrogen-bond donors (Lipinski definition) is 0. The molecule has 0 radical (unpaired) electrons. The summed E-state index contributed by atoms with van der Waals surface area (Å²) in [4.78, 5) is 40.5. The lowest BCUT2D eigenvalue weighted by Crippen LogP contribution is -2.37. The predicted octanol–water partition coefficient (Wildman–Crippen LogP) is 5.01. The summed E-state index contributed by atoms with van der Waals surface area (Å²) < 4.78 is 13.6. The van der Waals surface area contributed by atoms with Gasteiger partial charge in [-0.05, 0) is 30.2 Å². The highest BCUT2D eigenvalue weighted by atomic mass is 32.1. The second-order valence-corrected chi connectivity index (χ2v) is 10.7. The van der Waals surface area contributed by atoms with Crippen molar-refractivity contribution < 1.29 is 28.4 Å². The minimum Gasteiger partial charge on any atom is -0.330 e. The fourth-order valence-corrected chi connectivity index (χ4v) is 5.66. The number of unbranched alkanes of at least 4 members (excludes halogenated alkanes) is 1. The Kier molecular flexibility index (Phi) is 8.37. The van der Waals surface area contributed by atoms with E-state index in [0.29, 0.717) is 24.4 Å². The molecule has 1 aliphatic heterocycles. The van der Waals surface area contributed by atoms with E-state index in [1.807, 2.05) is 67.0 Å². The normalized spacial score (nSPS) is 13.3. The molecule has 0 aliphatic carbocycles. The first-order valence-corrected chi connectivity index (χ1v) is 14.9. The van der Waals surface area contributed by atoms with Gasteiger partial charge in [0.25, 0.3) is 11.8 Å². The molecule has 4 heterocycles. The van der Waals surface area contributed by atoms with Crippen LogP contribution in [0, 0.1) is 0 Å². The number of rotatable bonds is 10. The molecule has 9 nitrogen and oxygen atoms in total. The van der Waals surface area contributed by atoms with Crippen LogP contribution < -0.4 is 9.13 Å². The quantitative estimate of drug-likeness (QED) is 0.129. The van der Waals surface area contributed by atoms with Crippen molar-refractivity contribution in [2.75, 3.05) is 0 Å². The molecule has 0 bridgehead atoms. The number of aryl methyl sites for hydroxylation is 1. The molecule has 5 aromatic rings. The molecular formula is C33H29N5O4S+2. The van der Waals surface area contributed by atoms with Crippen molar-refractivity contribution in [2.24, 2.45) is 0 Å². The Labute approximate surface area is 252 Å². The van der Waals surface area contributed by atoms with Crippen molar-refractivity contribution in [1.29, 1.82) is 0 Å². The molecule has 6 rings (SSSR count). The summed E-state index contributed by atoms with van der Waals surface area (Å²) in [5, 5.41) is 0.598. The van der Waals surface area contributed by atoms with Crippen LogP contribution in [0.5, 0.6) is 0 Å². The van der Waals surface area contributed by atoms with Crippen molar-refractivity contribution in [1.82, 2.24) is 13.8 Å². The van der Waals surface area contributed by atoms with Gasteiger partial charge in [0, 0.05) is 43.4 Å². The summed E-state index contributed by atoms with van der Waals surface area (Å²) in [5.41, 5.74) is 6.75. The minimum absolute atomic E-state index is 0.0836. The third-order valence-corrected chi connectivity index (χ3v) is 7.77. The van der Waals surface area contributed by atoms with Gasteiger partial charge in [-0.25, -0.2) is 4.79 Å². The first-order valence-electron chi connectivity index (χ1n) is 14.1. The average molecular weight is 592 g/mol. The van der Waals surface area contributed by atoms with Crippen LogP contribution in [0.25, 0.3) is 45.7 Å². The molecule has 0 atom stereocenters. The van der Waals surface area contributed by atoms with E-state index in [2.05, 4.69) is 50.0 Å². The third kappa shape index (κ3) is 6.24. The Bertz CT molecular complexity index is 1810. The van der Waals surface area contributed by atoms with Gasteiger partial charge >= 0.3 is 5.97 Å². The number of nitrogens with zero attached hydrogens (tertiary/aromatic N) is 5. The topological polar surface area (TPSA) is 97.2 Å². The number of carbonyl (C=O) groups excluding carboxylic acids is 3. The van der Waals surface area contributed by atoms with Crippen LogP contribution >= 0.6 is 11.7 Å². The molecule has 0 spiro atoms. The van der Waals surface area contributed by atoms with Crippen LogP contribution in [0.3, 0.4) is 0 Å². The van der Waals surface area contributed by atoms with Gasteiger partial charge in [0.15, 0.2) is 24.1 Å². The number of fused-ring (bicyclic) bond motifs is 1. The van der Waals surface area contributed by atoms with E-state index in [4.69, 9.17) is 9.21 Å². The monoisotopic (exact) mass is 591 g/mol. The Hall–Kier alpha value is -5.09. The number of hydroxylamine groups is 2. The SMILES string of the molecule is O=C(CCCC[n+]1ccccc1C=C[n+]1cc(-c2ccccc2)c2nsnc2c1-c1ccccc1)ON1C(=O)CCC1=O. The predicted molar refractivity (Wildman–Crippen MR) is 161 cm³/mol. The van der Waals surface area contributed by atoms with Crippen molar-refractivity contribution in [3.63, 3.8) is 0 Å². The fourth-order valence-electron chi connectivity index (χ4n) is 5.09. The zero-order valence-electron chi connectivity index (χ0n) is 23.3. The standard InChI is InChI=1S/C33H29N5O4S/c39-28-17-18-29(40)38(28)42-30(41)16-8-10-21-36-20-9-7-15-26(36)19-22-37-23-27(24-11-3-1-4-12-24)31-32(35-43-34-31)33(37)25-13-5-2-6-14-25/h1-7,9,11-15,19-20,22-23H,8,10,16-18,21H2/q+2. The highest BCUT2D eigenvalue weighted by molar-refractivity contribution is 7.00. The minimum atomic E-state index is -0.576. The molecule has 2 aromatic carbocycles. The van der Waals surface area contributed by atoms with E-state index >= 15 is 0 Å². The lowest BCUT2D eigenvalue weighted by atomic mass is 10.0. The number of carbonyl (C=O) groups is 3. The van der Waals surface area contributed by atoms with Crippen molar-refractivity contribution in [3.05, 3.63) is 97.0 Å². The highest BCUT2D eigenvalue weighted by Gasteiger charge is 2.32. The maximum absolute atomic E-state index is 12.2. The smallest absolute Gasteiger partial charge is 0.330 e. The molecule has 2 amide bonds. The molecule has 1 fully saturated rings. The first-order chi connectivity index (χ1) is 21.1. The van der Waals surface area contributed by atoms with E-state index in [-0.39, 0.29) is 19.3 Å². The lowest BCUT2D eigenvalue weighted by molar-refractivity contribution is -0.699. The van der Waals surface area contributed by atoms with Crippen LogP contribution in [0.15, 0.2) is 91.3 Å². The van der Waals surface area contributed by atoms with E-state index in [1.54, 1.807) is 0 Å².